The molecule has 1 aliphatic carbocycles. The zero-order chi connectivity index (χ0) is 28.3. The molecule has 206 valence electrons. The number of anilines is 1. The molecule has 39 heavy (non-hydrogen) atoms. The first-order valence-electron chi connectivity index (χ1n) is 12.3. The van der Waals surface area contributed by atoms with Crippen LogP contribution in [0.15, 0.2) is 30.5 Å². The minimum Gasteiger partial charge on any atom is -0.466 e. The first kappa shape index (κ1) is 27.9. The van der Waals surface area contributed by atoms with Gasteiger partial charge in [-0.05, 0) is 36.6 Å². The number of nitriles is 1. The van der Waals surface area contributed by atoms with Gasteiger partial charge in [0, 0.05) is 30.1 Å². The molecule has 12 nitrogen and oxygen atoms in total. The lowest BCUT2D eigenvalue weighted by Crippen LogP contribution is -2.58. The van der Waals surface area contributed by atoms with Crippen molar-refractivity contribution in [3.05, 3.63) is 53.0 Å². The van der Waals surface area contributed by atoms with E-state index in [0.29, 0.717) is 12.0 Å². The van der Waals surface area contributed by atoms with Gasteiger partial charge in [-0.25, -0.2) is 19.0 Å². The number of nitrogens with two attached hydrogens (primary N) is 1. The molecule has 0 spiro atoms. The number of ketones is 1. The van der Waals surface area contributed by atoms with Crippen molar-refractivity contribution in [3.8, 4) is 11.8 Å². The van der Waals surface area contributed by atoms with Gasteiger partial charge in [-0.3, -0.25) is 15.0 Å². The van der Waals surface area contributed by atoms with Crippen molar-refractivity contribution in [2.75, 3.05) is 12.1 Å². The smallest absolute Gasteiger partial charge is 0.367 e. The van der Waals surface area contributed by atoms with E-state index in [2.05, 4.69) is 20.5 Å². The Kier molecular flexibility index (Phi) is 8.10. The lowest BCUT2D eigenvalue weighted by atomic mass is 9.87. The van der Waals surface area contributed by atoms with Crippen LogP contribution in [0.1, 0.15) is 61.0 Å². The zero-order valence-corrected chi connectivity index (χ0v) is 21.5. The van der Waals surface area contributed by atoms with E-state index in [-0.39, 0.29) is 34.9 Å². The van der Waals surface area contributed by atoms with Gasteiger partial charge in [0.1, 0.15) is 23.5 Å². The first-order chi connectivity index (χ1) is 18.6. The highest BCUT2D eigenvalue weighted by molar-refractivity contribution is 5.99. The molecule has 2 heterocycles. The number of benzene rings is 1. The van der Waals surface area contributed by atoms with Gasteiger partial charge in [-0.15, -0.1) is 0 Å². The van der Waals surface area contributed by atoms with Crippen LogP contribution in [0.3, 0.4) is 0 Å². The Morgan fingerprint density at radius 3 is 2.74 bits per heavy atom. The fourth-order valence-electron chi connectivity index (χ4n) is 4.18. The third-order valence-corrected chi connectivity index (χ3v) is 6.71. The fraction of sp³-hybridized carbons (Fsp3) is 0.423. The van der Waals surface area contributed by atoms with Gasteiger partial charge in [0.25, 0.3) is 0 Å². The number of aromatic nitrogens is 1. The summed E-state index contributed by atoms with van der Waals surface area (Å²) in [6.45, 7) is 4.53. The first-order valence-corrected chi connectivity index (χ1v) is 12.3. The minimum atomic E-state index is -1.58. The number of pyridine rings is 1. The van der Waals surface area contributed by atoms with Crippen molar-refractivity contribution >= 4 is 23.6 Å². The molecule has 13 heteroatoms. The Morgan fingerprint density at radius 1 is 1.33 bits per heavy atom. The summed E-state index contributed by atoms with van der Waals surface area (Å²) >= 11 is 0. The van der Waals surface area contributed by atoms with Gasteiger partial charge in [-0.1, -0.05) is 20.8 Å². The second-order valence-corrected chi connectivity index (χ2v) is 9.52. The highest BCUT2D eigenvalue weighted by Crippen LogP contribution is 2.47. The quantitative estimate of drug-likeness (QED) is 0.230. The maximum Gasteiger partial charge on any atom is 0.367 e. The molecule has 4 rings (SSSR count). The number of amides is 2. The molecule has 2 aromatic rings. The van der Waals surface area contributed by atoms with Gasteiger partial charge in [0.05, 0.1) is 11.1 Å². The molecular formula is C26H28FN5O7. The third-order valence-electron chi connectivity index (χ3n) is 6.71. The van der Waals surface area contributed by atoms with Gasteiger partial charge in [0.2, 0.25) is 6.29 Å². The fourth-order valence-corrected chi connectivity index (χ4v) is 4.18. The van der Waals surface area contributed by atoms with Gasteiger partial charge < -0.3 is 20.5 Å². The van der Waals surface area contributed by atoms with Crippen LogP contribution in [-0.2, 0) is 19.3 Å². The number of ether oxygens (including phenoxy) is 2. The van der Waals surface area contributed by atoms with Crippen molar-refractivity contribution in [1.29, 1.82) is 5.26 Å². The summed E-state index contributed by atoms with van der Waals surface area (Å²) < 4.78 is 26.4. The number of hydrogen-bond acceptors (Lipinski definition) is 10. The lowest BCUT2D eigenvalue weighted by molar-refractivity contribution is -0.327. The standard InChI is InChI=1S/C26H28FN5O7/c1-4-19(33)15-6-7-17(27)21(22(15)36-12-37-24-26(29,13(2)3)23(34)38-39-24)16-9-18(16)31-25(35)32-20-8-5-14(10-28)11-30-20/h5-8,11,13,16,18,24H,4,9,12,29H2,1-3H3,(H2,30,31,32,35)/t16-,18+,24+,26-/m1/s1. The highest BCUT2D eigenvalue weighted by atomic mass is 19.1. The molecule has 1 aromatic heterocycles. The van der Waals surface area contributed by atoms with Crippen molar-refractivity contribution in [2.24, 2.45) is 11.7 Å². The van der Waals surface area contributed by atoms with E-state index in [9.17, 15) is 14.4 Å². The van der Waals surface area contributed by atoms with Gasteiger partial charge in [-0.2, -0.15) is 10.1 Å². The van der Waals surface area contributed by atoms with E-state index in [0.717, 1.165) is 0 Å². The molecule has 1 saturated heterocycles. The predicted octanol–water partition coefficient (Wildman–Crippen LogP) is 2.88. The van der Waals surface area contributed by atoms with Crippen LogP contribution >= 0.6 is 0 Å². The zero-order valence-electron chi connectivity index (χ0n) is 21.5. The maximum absolute atomic E-state index is 15.1. The summed E-state index contributed by atoms with van der Waals surface area (Å²) in [7, 11) is 0. The number of carbonyl (C=O) groups is 3. The number of nitrogens with zero attached hydrogens (tertiary/aromatic N) is 2. The summed E-state index contributed by atoms with van der Waals surface area (Å²) in [5, 5.41) is 14.2. The average Bonchev–Trinajstić information content (AvgIpc) is 3.60. The van der Waals surface area contributed by atoms with Crippen molar-refractivity contribution in [3.63, 3.8) is 0 Å². The van der Waals surface area contributed by atoms with E-state index in [4.69, 9.17) is 25.4 Å². The van der Waals surface area contributed by atoms with Crippen molar-refractivity contribution < 1.29 is 38.0 Å². The minimum absolute atomic E-state index is 0.0253. The molecule has 0 unspecified atom stereocenters. The number of nitrogens with one attached hydrogen (secondary N) is 2. The van der Waals surface area contributed by atoms with Crippen LogP contribution in [0.4, 0.5) is 15.0 Å². The van der Waals surface area contributed by atoms with Crippen LogP contribution in [0.5, 0.6) is 5.75 Å². The molecule has 4 N–H and O–H groups in total. The maximum atomic E-state index is 15.1. The van der Waals surface area contributed by atoms with Crippen LogP contribution in [0, 0.1) is 23.1 Å². The third kappa shape index (κ3) is 5.68. The normalized spacial score (nSPS) is 23.6. The summed E-state index contributed by atoms with van der Waals surface area (Å²) in [5.74, 6) is -2.37. The Balaban J connectivity index is 1.48. The van der Waals surface area contributed by atoms with Gasteiger partial charge in [0.15, 0.2) is 18.1 Å². The molecular weight excluding hydrogens is 513 g/mol. The summed E-state index contributed by atoms with van der Waals surface area (Å²) in [6, 6.07) is 6.42. The Labute approximate surface area is 223 Å². The number of hydrogen-bond donors (Lipinski definition) is 3. The monoisotopic (exact) mass is 541 g/mol. The Hall–Kier alpha value is -4.12. The lowest BCUT2D eigenvalue weighted by Gasteiger charge is -2.27. The van der Waals surface area contributed by atoms with Crippen molar-refractivity contribution in [1.82, 2.24) is 10.3 Å². The van der Waals surface area contributed by atoms with E-state index in [1.807, 2.05) is 6.07 Å². The number of carbonyl (C=O) groups excluding carboxylic acids is 3. The van der Waals surface area contributed by atoms with Crippen LogP contribution < -0.4 is 21.1 Å². The molecule has 1 aromatic carbocycles. The van der Waals surface area contributed by atoms with E-state index in [1.165, 1.54) is 30.5 Å². The average molecular weight is 542 g/mol. The molecule has 0 bridgehead atoms. The second kappa shape index (κ2) is 11.3. The second-order valence-electron chi connectivity index (χ2n) is 9.52. The molecule has 2 amide bonds. The van der Waals surface area contributed by atoms with Crippen LogP contribution in [0.2, 0.25) is 0 Å². The predicted molar refractivity (Wildman–Crippen MR) is 133 cm³/mol. The van der Waals surface area contributed by atoms with Crippen LogP contribution in [-0.4, -0.2) is 47.4 Å². The van der Waals surface area contributed by atoms with Crippen LogP contribution in [0.25, 0.3) is 0 Å². The van der Waals surface area contributed by atoms with Crippen molar-refractivity contribution in [2.45, 2.75) is 57.4 Å². The molecule has 1 saturated carbocycles. The summed E-state index contributed by atoms with van der Waals surface area (Å²) in [5.41, 5.74) is 5.18. The molecule has 2 aliphatic rings. The molecule has 1 aliphatic heterocycles. The highest BCUT2D eigenvalue weighted by Gasteiger charge is 2.55. The number of Topliss-reactive ketones (excluding diaryl/α,β-unsaturated/α-hetero) is 1. The number of urea groups is 1. The summed E-state index contributed by atoms with van der Waals surface area (Å²) in [6.07, 6.45) is 0.560. The Bertz CT molecular complexity index is 1310. The Morgan fingerprint density at radius 2 is 2.10 bits per heavy atom. The number of halogens is 1. The van der Waals surface area contributed by atoms with E-state index < -0.39 is 54.3 Å². The summed E-state index contributed by atoms with van der Waals surface area (Å²) in [4.78, 5) is 50.7. The van der Waals surface area contributed by atoms with Gasteiger partial charge >= 0.3 is 12.0 Å². The van der Waals surface area contributed by atoms with E-state index >= 15 is 4.39 Å². The number of rotatable bonds is 10. The topological polar surface area (TPSA) is 175 Å². The SMILES string of the molecule is CCC(=O)c1ccc(F)c([C@@H]2C[C@@H]2NC(=O)Nc2ccc(C#N)cn2)c1OCO[C@H]1OOC(=O)[C@]1(N)C(C)C. The molecule has 2 fully saturated rings. The van der Waals surface area contributed by atoms with E-state index in [1.54, 1.807) is 20.8 Å². The molecule has 4 atom stereocenters. The largest absolute Gasteiger partial charge is 0.466 e. The molecule has 0 radical (unpaired) electrons.